The number of nitrogens with zero attached hydrogens (tertiary/aromatic N) is 6. The van der Waals surface area contributed by atoms with E-state index < -0.39 is 4.92 Å². The van der Waals surface area contributed by atoms with Crippen molar-refractivity contribution in [2.75, 3.05) is 19.6 Å². The van der Waals surface area contributed by atoms with E-state index in [0.29, 0.717) is 38.0 Å². The van der Waals surface area contributed by atoms with Gasteiger partial charge in [0.25, 0.3) is 17.5 Å². The summed E-state index contributed by atoms with van der Waals surface area (Å²) in [7, 11) is 0. The van der Waals surface area contributed by atoms with E-state index in [1.165, 1.54) is 29.5 Å². The second-order valence-corrected chi connectivity index (χ2v) is 8.19. The van der Waals surface area contributed by atoms with Gasteiger partial charge in [-0.05, 0) is 43.5 Å². The molecule has 3 aromatic rings. The van der Waals surface area contributed by atoms with Gasteiger partial charge in [0.2, 0.25) is 0 Å². The number of hydrogen-bond acceptors (Lipinski definition) is 6. The van der Waals surface area contributed by atoms with Crippen LogP contribution in [0.15, 0.2) is 61.2 Å². The van der Waals surface area contributed by atoms with Crippen molar-refractivity contribution in [2.24, 2.45) is 0 Å². The Hall–Kier alpha value is -4.08. The normalized spacial score (nSPS) is 14.1. The molecule has 10 nitrogen and oxygen atoms in total. The SMILES string of the molecule is CCCN(C(=O)c1ccc(-n2cncn2)c([N+](=O)[O-])c1)C1CCN(C(=O)c2ccccc2)CC1. The fourth-order valence-electron chi connectivity index (χ4n) is 4.33. The fraction of sp³-hybridized carbons (Fsp3) is 0.333. The lowest BCUT2D eigenvalue weighted by molar-refractivity contribution is -0.384. The van der Waals surface area contributed by atoms with Crippen LogP contribution in [-0.4, -0.2) is 67.0 Å². The number of aromatic nitrogens is 3. The smallest absolute Gasteiger partial charge is 0.295 e. The highest BCUT2D eigenvalue weighted by atomic mass is 16.6. The van der Waals surface area contributed by atoms with Crippen LogP contribution in [0.3, 0.4) is 0 Å². The fourth-order valence-corrected chi connectivity index (χ4v) is 4.33. The number of carbonyl (C=O) groups excluding carboxylic acids is 2. The summed E-state index contributed by atoms with van der Waals surface area (Å²) in [5.74, 6) is -0.255. The monoisotopic (exact) mass is 462 g/mol. The number of amides is 2. The molecule has 4 rings (SSSR count). The van der Waals surface area contributed by atoms with Gasteiger partial charge < -0.3 is 9.80 Å². The molecule has 2 amide bonds. The lowest BCUT2D eigenvalue weighted by Gasteiger charge is -2.38. The number of hydrogen-bond donors (Lipinski definition) is 0. The van der Waals surface area contributed by atoms with Crippen molar-refractivity contribution in [1.82, 2.24) is 24.6 Å². The summed E-state index contributed by atoms with van der Waals surface area (Å²) in [6.45, 7) is 3.63. The highest BCUT2D eigenvalue weighted by Crippen LogP contribution is 2.26. The van der Waals surface area contributed by atoms with Crippen LogP contribution in [0.5, 0.6) is 0 Å². The first-order valence-electron chi connectivity index (χ1n) is 11.3. The number of rotatable bonds is 7. The van der Waals surface area contributed by atoms with E-state index in [1.54, 1.807) is 23.1 Å². The van der Waals surface area contributed by atoms with Gasteiger partial charge in [-0.2, -0.15) is 5.10 Å². The summed E-state index contributed by atoms with van der Waals surface area (Å²) in [6.07, 6.45) is 4.74. The van der Waals surface area contributed by atoms with Gasteiger partial charge in [0.05, 0.1) is 4.92 Å². The Morgan fingerprint density at radius 3 is 2.47 bits per heavy atom. The Kier molecular flexibility index (Phi) is 6.95. The summed E-state index contributed by atoms with van der Waals surface area (Å²) in [5.41, 5.74) is 0.943. The second kappa shape index (κ2) is 10.2. The third-order valence-electron chi connectivity index (χ3n) is 6.02. The van der Waals surface area contributed by atoms with Gasteiger partial charge in [-0.25, -0.2) is 9.67 Å². The van der Waals surface area contributed by atoms with Crippen molar-refractivity contribution in [1.29, 1.82) is 0 Å². The summed E-state index contributed by atoms with van der Waals surface area (Å²) in [6, 6.07) is 13.5. The quantitative estimate of drug-likeness (QED) is 0.393. The molecule has 0 radical (unpaired) electrons. The molecule has 0 spiro atoms. The average molecular weight is 463 g/mol. The van der Waals surface area contributed by atoms with Crippen molar-refractivity contribution in [3.8, 4) is 5.69 Å². The van der Waals surface area contributed by atoms with Crippen LogP contribution >= 0.6 is 0 Å². The lowest BCUT2D eigenvalue weighted by atomic mass is 10.0. The second-order valence-electron chi connectivity index (χ2n) is 8.19. The van der Waals surface area contributed by atoms with Crippen LogP contribution in [0.1, 0.15) is 46.9 Å². The van der Waals surface area contributed by atoms with Gasteiger partial charge >= 0.3 is 0 Å². The molecule has 1 aliphatic rings. The molecule has 0 atom stereocenters. The Morgan fingerprint density at radius 1 is 1.12 bits per heavy atom. The lowest BCUT2D eigenvalue weighted by Crippen LogP contribution is -2.49. The molecule has 176 valence electrons. The van der Waals surface area contributed by atoms with E-state index in [0.717, 1.165) is 6.42 Å². The Morgan fingerprint density at radius 2 is 1.85 bits per heavy atom. The van der Waals surface area contributed by atoms with Crippen LogP contribution < -0.4 is 0 Å². The van der Waals surface area contributed by atoms with Gasteiger partial charge in [-0.1, -0.05) is 25.1 Å². The number of piperidine rings is 1. The molecule has 0 N–H and O–H groups in total. The molecule has 0 unspecified atom stereocenters. The van der Waals surface area contributed by atoms with Gasteiger partial charge in [0.1, 0.15) is 18.3 Å². The molecule has 1 saturated heterocycles. The first-order valence-corrected chi connectivity index (χ1v) is 11.3. The first kappa shape index (κ1) is 23.1. The maximum atomic E-state index is 13.4. The molecule has 2 heterocycles. The number of likely N-dealkylation sites (tertiary alicyclic amines) is 1. The molecule has 2 aromatic carbocycles. The Labute approximate surface area is 197 Å². The zero-order chi connectivity index (χ0) is 24.1. The van der Waals surface area contributed by atoms with E-state index in [4.69, 9.17) is 0 Å². The minimum absolute atomic E-state index is 0.00765. The first-order chi connectivity index (χ1) is 16.5. The molecule has 1 fully saturated rings. The highest BCUT2D eigenvalue weighted by molar-refractivity contribution is 5.96. The van der Waals surface area contributed by atoms with E-state index in [-0.39, 0.29) is 34.8 Å². The van der Waals surface area contributed by atoms with Crippen LogP contribution in [0.4, 0.5) is 5.69 Å². The molecular formula is C24H26N6O4. The summed E-state index contributed by atoms with van der Waals surface area (Å²) in [5, 5.41) is 15.6. The van der Waals surface area contributed by atoms with E-state index in [1.807, 2.05) is 30.0 Å². The molecular weight excluding hydrogens is 436 g/mol. The number of nitro groups is 1. The number of nitro benzene ring substituents is 1. The third-order valence-corrected chi connectivity index (χ3v) is 6.02. The van der Waals surface area contributed by atoms with Gasteiger partial charge in [-0.3, -0.25) is 19.7 Å². The van der Waals surface area contributed by atoms with Gasteiger partial charge in [0, 0.05) is 42.9 Å². The van der Waals surface area contributed by atoms with Crippen molar-refractivity contribution < 1.29 is 14.5 Å². The van der Waals surface area contributed by atoms with Crippen LogP contribution in [0.25, 0.3) is 5.69 Å². The topological polar surface area (TPSA) is 114 Å². The predicted octanol–water partition coefficient (Wildman–Crippen LogP) is 3.33. The summed E-state index contributed by atoms with van der Waals surface area (Å²) < 4.78 is 1.30. The van der Waals surface area contributed by atoms with E-state index >= 15 is 0 Å². The maximum Gasteiger partial charge on any atom is 0.295 e. The van der Waals surface area contributed by atoms with Gasteiger partial charge in [-0.15, -0.1) is 0 Å². The van der Waals surface area contributed by atoms with Gasteiger partial charge in [0.15, 0.2) is 0 Å². The standard InChI is InChI=1S/C24H26N6O4/c1-2-12-28(20-10-13-27(14-11-20)23(31)18-6-4-3-5-7-18)24(32)19-8-9-21(22(15-19)30(33)34)29-17-25-16-26-29/h3-9,15-17,20H,2,10-14H2,1H3. The minimum atomic E-state index is -0.522. The molecule has 0 aliphatic carbocycles. The summed E-state index contributed by atoms with van der Waals surface area (Å²) in [4.78, 5) is 44.8. The van der Waals surface area contributed by atoms with Crippen molar-refractivity contribution in [3.63, 3.8) is 0 Å². The Bertz CT molecular complexity index is 1160. The van der Waals surface area contributed by atoms with E-state index in [2.05, 4.69) is 10.1 Å². The molecule has 0 saturated carbocycles. The minimum Gasteiger partial charge on any atom is -0.338 e. The molecule has 10 heteroatoms. The van der Waals surface area contributed by atoms with Crippen LogP contribution in [0.2, 0.25) is 0 Å². The van der Waals surface area contributed by atoms with Crippen LogP contribution in [-0.2, 0) is 0 Å². The Balaban J connectivity index is 1.50. The van der Waals surface area contributed by atoms with Crippen molar-refractivity contribution in [2.45, 2.75) is 32.2 Å². The highest BCUT2D eigenvalue weighted by Gasteiger charge is 2.31. The largest absolute Gasteiger partial charge is 0.338 e. The third kappa shape index (κ3) is 4.80. The van der Waals surface area contributed by atoms with Crippen molar-refractivity contribution in [3.05, 3.63) is 82.4 Å². The zero-order valence-electron chi connectivity index (χ0n) is 18.9. The number of carbonyl (C=O) groups is 2. The van der Waals surface area contributed by atoms with E-state index in [9.17, 15) is 19.7 Å². The predicted molar refractivity (Wildman–Crippen MR) is 125 cm³/mol. The molecule has 34 heavy (non-hydrogen) atoms. The molecule has 0 bridgehead atoms. The maximum absolute atomic E-state index is 13.4. The molecule has 1 aromatic heterocycles. The summed E-state index contributed by atoms with van der Waals surface area (Å²) >= 11 is 0. The number of benzene rings is 2. The van der Waals surface area contributed by atoms with Crippen LogP contribution in [0, 0.1) is 10.1 Å². The molecule has 1 aliphatic heterocycles. The average Bonchev–Trinajstić information content (AvgIpc) is 3.42. The van der Waals surface area contributed by atoms with Crippen molar-refractivity contribution >= 4 is 17.5 Å². The zero-order valence-corrected chi connectivity index (χ0v) is 18.9.